The lowest BCUT2D eigenvalue weighted by atomic mass is 10.1. The second-order valence-electron chi connectivity index (χ2n) is 9.90. The third-order valence-corrected chi connectivity index (χ3v) is 9.19. The van der Waals surface area contributed by atoms with Gasteiger partial charge in [0.2, 0.25) is 22.6 Å². The number of Topliss-reactive ketones (excluding diaryl/α,β-unsaturated/α-hetero) is 1. The molecule has 2 aromatic carbocycles. The first kappa shape index (κ1) is 27.0. The first-order valence-electron chi connectivity index (χ1n) is 13.1. The maximum Gasteiger partial charge on any atom is 0.338 e. The number of aryl methyl sites for hydroxylation is 1. The molecule has 0 saturated carbocycles. The molecule has 1 aromatic heterocycles. The Morgan fingerprint density at radius 2 is 1.59 bits per heavy atom. The minimum Gasteiger partial charge on any atom is -0.454 e. The van der Waals surface area contributed by atoms with Gasteiger partial charge in [-0.3, -0.25) is 4.79 Å². The van der Waals surface area contributed by atoms with Crippen molar-refractivity contribution in [3.8, 4) is 11.5 Å². The van der Waals surface area contributed by atoms with Crippen LogP contribution in [0.2, 0.25) is 0 Å². The van der Waals surface area contributed by atoms with Gasteiger partial charge in [0, 0.05) is 36.6 Å². The van der Waals surface area contributed by atoms with Crippen LogP contribution in [0, 0.1) is 13.8 Å². The average Bonchev–Trinajstić information content (AvgIpc) is 3.38. The Hall–Kier alpha value is -3.63. The smallest absolute Gasteiger partial charge is 0.338 e. The fourth-order valence-corrected chi connectivity index (χ4v) is 6.55. The molecule has 9 nitrogen and oxygen atoms in total. The Kier molecular flexibility index (Phi) is 7.76. The summed E-state index contributed by atoms with van der Waals surface area (Å²) in [5.74, 6) is 0.418. The fraction of sp³-hybridized carbons (Fsp3) is 0.379. The predicted molar refractivity (Wildman–Crippen MR) is 144 cm³/mol. The van der Waals surface area contributed by atoms with Crippen LogP contribution in [-0.4, -0.2) is 55.5 Å². The third kappa shape index (κ3) is 5.72. The molecule has 1 saturated heterocycles. The minimum atomic E-state index is -3.61. The summed E-state index contributed by atoms with van der Waals surface area (Å²) in [6, 6.07) is 13.2. The lowest BCUT2D eigenvalue weighted by Gasteiger charge is -2.19. The highest BCUT2D eigenvalue weighted by Gasteiger charge is 2.26. The number of carbonyl (C=O) groups is 2. The Bertz CT molecular complexity index is 1480. The highest BCUT2D eigenvalue weighted by Crippen LogP contribution is 2.33. The lowest BCUT2D eigenvalue weighted by Crippen LogP contribution is -2.31. The monoisotopic (exact) mass is 552 g/mol. The summed E-state index contributed by atoms with van der Waals surface area (Å²) in [7, 11) is -3.61. The van der Waals surface area contributed by atoms with Crippen molar-refractivity contribution in [3.63, 3.8) is 0 Å². The van der Waals surface area contributed by atoms with E-state index in [2.05, 4.69) is 0 Å². The number of ether oxygens (including phenoxy) is 3. The highest BCUT2D eigenvalue weighted by atomic mass is 32.2. The van der Waals surface area contributed by atoms with Crippen LogP contribution in [0.3, 0.4) is 0 Å². The van der Waals surface area contributed by atoms with E-state index in [-0.39, 0.29) is 23.0 Å². The van der Waals surface area contributed by atoms with Crippen molar-refractivity contribution in [2.45, 2.75) is 51.0 Å². The summed E-state index contributed by atoms with van der Waals surface area (Å²) in [4.78, 5) is 25.7. The lowest BCUT2D eigenvalue weighted by molar-refractivity contribution is 0.0474. The normalized spacial score (nSPS) is 15.6. The maximum absolute atomic E-state index is 13.0. The molecule has 3 heterocycles. The molecule has 0 radical (unpaired) electrons. The first-order valence-corrected chi connectivity index (χ1v) is 14.5. The van der Waals surface area contributed by atoms with Crippen molar-refractivity contribution in [1.82, 2.24) is 8.87 Å². The topological polar surface area (TPSA) is 104 Å². The van der Waals surface area contributed by atoms with E-state index in [1.165, 1.54) is 28.6 Å². The van der Waals surface area contributed by atoms with Crippen molar-refractivity contribution >= 4 is 21.8 Å². The molecule has 2 aliphatic rings. The molecule has 0 N–H and O–H groups in total. The van der Waals surface area contributed by atoms with Crippen molar-refractivity contribution < 1.29 is 32.2 Å². The van der Waals surface area contributed by atoms with Gasteiger partial charge in [-0.15, -0.1) is 0 Å². The third-order valence-electron chi connectivity index (χ3n) is 7.28. The Morgan fingerprint density at radius 1 is 0.897 bits per heavy atom. The van der Waals surface area contributed by atoms with E-state index >= 15 is 0 Å². The van der Waals surface area contributed by atoms with E-state index in [9.17, 15) is 18.0 Å². The molecule has 0 spiro atoms. The molecule has 0 aliphatic carbocycles. The van der Waals surface area contributed by atoms with Crippen LogP contribution in [-0.2, 0) is 21.3 Å². The summed E-state index contributed by atoms with van der Waals surface area (Å²) < 4.78 is 45.6. The van der Waals surface area contributed by atoms with Crippen LogP contribution in [0.25, 0.3) is 0 Å². The van der Waals surface area contributed by atoms with Crippen LogP contribution < -0.4 is 9.47 Å². The molecule has 39 heavy (non-hydrogen) atoms. The zero-order valence-corrected chi connectivity index (χ0v) is 23.0. The Morgan fingerprint density at radius 3 is 2.31 bits per heavy atom. The fourth-order valence-electron chi connectivity index (χ4n) is 5.03. The molecule has 5 rings (SSSR count). The molecule has 1 fully saturated rings. The van der Waals surface area contributed by atoms with Gasteiger partial charge in [-0.25, -0.2) is 13.2 Å². The summed E-state index contributed by atoms with van der Waals surface area (Å²) in [5.41, 5.74) is 3.36. The molecule has 0 atom stereocenters. The second-order valence-corrected chi connectivity index (χ2v) is 11.8. The number of fused-ring (bicyclic) bond motifs is 1. The van der Waals surface area contributed by atoms with Crippen molar-refractivity contribution in [3.05, 3.63) is 76.6 Å². The zero-order valence-electron chi connectivity index (χ0n) is 22.1. The summed E-state index contributed by atoms with van der Waals surface area (Å²) in [5, 5.41) is 0. The van der Waals surface area contributed by atoms with E-state index in [0.29, 0.717) is 36.7 Å². The van der Waals surface area contributed by atoms with E-state index in [1.54, 1.807) is 6.07 Å². The van der Waals surface area contributed by atoms with Gasteiger partial charge in [-0.05, 0) is 74.7 Å². The quantitative estimate of drug-likeness (QED) is 0.300. The minimum absolute atomic E-state index is 0.145. The standard InChI is InChI=1S/C29H32N2O7S/c1-20-15-25(21(2)31(20)17-22-7-12-27-28(16-22)38-19-37-27)26(32)18-36-29(33)23-8-10-24(11-9-23)39(34,35)30-13-5-3-4-6-14-30/h7-12,15-16H,3-6,13-14,17-19H2,1-2H3. The van der Waals surface area contributed by atoms with Crippen LogP contribution in [0.15, 0.2) is 53.4 Å². The summed E-state index contributed by atoms with van der Waals surface area (Å²) in [6.07, 6.45) is 3.75. The molecule has 3 aromatic rings. The first-order chi connectivity index (χ1) is 18.7. The molecule has 0 unspecified atom stereocenters. The number of rotatable bonds is 8. The SMILES string of the molecule is Cc1cc(C(=O)COC(=O)c2ccc(S(=O)(=O)N3CCCCCC3)cc2)c(C)n1Cc1ccc2c(c1)OCO2. The maximum atomic E-state index is 13.0. The van der Waals surface area contributed by atoms with Crippen molar-refractivity contribution in [2.24, 2.45) is 0 Å². The molecular weight excluding hydrogens is 520 g/mol. The number of esters is 1. The number of sulfonamides is 1. The summed E-state index contributed by atoms with van der Waals surface area (Å²) >= 11 is 0. The largest absolute Gasteiger partial charge is 0.454 e. The number of carbonyl (C=O) groups excluding carboxylic acids is 2. The van der Waals surface area contributed by atoms with Crippen LogP contribution in [0.4, 0.5) is 0 Å². The van der Waals surface area contributed by atoms with E-state index in [1.807, 2.05) is 36.6 Å². The zero-order chi connectivity index (χ0) is 27.6. The number of hydrogen-bond donors (Lipinski definition) is 0. The van der Waals surface area contributed by atoms with Gasteiger partial charge in [0.25, 0.3) is 0 Å². The van der Waals surface area contributed by atoms with Crippen LogP contribution in [0.1, 0.15) is 63.4 Å². The predicted octanol–water partition coefficient (Wildman–Crippen LogP) is 4.49. The molecular formula is C29H32N2O7S. The van der Waals surface area contributed by atoms with Gasteiger partial charge >= 0.3 is 5.97 Å². The van der Waals surface area contributed by atoms with Gasteiger partial charge in [-0.1, -0.05) is 18.9 Å². The molecule has 0 amide bonds. The number of benzene rings is 2. The van der Waals surface area contributed by atoms with E-state index < -0.39 is 22.6 Å². The molecule has 206 valence electrons. The molecule has 0 bridgehead atoms. The number of aromatic nitrogens is 1. The number of hydrogen-bond acceptors (Lipinski definition) is 7. The van der Waals surface area contributed by atoms with E-state index in [0.717, 1.165) is 42.6 Å². The van der Waals surface area contributed by atoms with Crippen molar-refractivity contribution in [1.29, 1.82) is 0 Å². The van der Waals surface area contributed by atoms with Crippen LogP contribution in [0.5, 0.6) is 11.5 Å². The second kappa shape index (κ2) is 11.2. The molecule has 10 heteroatoms. The number of nitrogens with zero attached hydrogens (tertiary/aromatic N) is 2. The van der Waals surface area contributed by atoms with Gasteiger partial charge in [0.1, 0.15) is 0 Å². The Balaban J connectivity index is 1.21. The Labute approximate surface area is 228 Å². The van der Waals surface area contributed by atoms with Gasteiger partial charge < -0.3 is 18.8 Å². The molecule has 2 aliphatic heterocycles. The van der Waals surface area contributed by atoms with E-state index in [4.69, 9.17) is 14.2 Å². The summed E-state index contributed by atoms with van der Waals surface area (Å²) in [6.45, 7) is 5.13. The van der Waals surface area contributed by atoms with Crippen LogP contribution >= 0.6 is 0 Å². The van der Waals surface area contributed by atoms with Gasteiger partial charge in [0.05, 0.1) is 10.5 Å². The highest BCUT2D eigenvalue weighted by molar-refractivity contribution is 7.89. The average molecular weight is 553 g/mol. The van der Waals surface area contributed by atoms with Gasteiger partial charge in [-0.2, -0.15) is 4.31 Å². The number of ketones is 1. The van der Waals surface area contributed by atoms with Crippen molar-refractivity contribution in [2.75, 3.05) is 26.5 Å². The van der Waals surface area contributed by atoms with Gasteiger partial charge in [0.15, 0.2) is 18.1 Å².